The minimum atomic E-state index is -0.486. The lowest BCUT2D eigenvalue weighted by Gasteiger charge is -2.36. The molecule has 2 N–H and O–H groups in total. The molecule has 1 aromatic carbocycles. The highest BCUT2D eigenvalue weighted by atomic mass is 16.7. The molecule has 0 spiro atoms. The zero-order valence-corrected chi connectivity index (χ0v) is 12.5. The molecule has 0 saturated carbocycles. The SMILES string of the molecule is CC(C)(C)C(=O)ON1CC[C@H](c2ccccc2)[C@@H](N)C1. The highest BCUT2D eigenvalue weighted by Gasteiger charge is 2.32. The third-order valence-corrected chi connectivity index (χ3v) is 3.67. The van der Waals surface area contributed by atoms with Crippen molar-refractivity contribution >= 4 is 5.97 Å². The molecule has 4 nitrogen and oxygen atoms in total. The van der Waals surface area contributed by atoms with Crippen molar-refractivity contribution in [2.75, 3.05) is 13.1 Å². The first-order valence-corrected chi connectivity index (χ1v) is 7.16. The number of carbonyl (C=O) groups excluding carboxylic acids is 1. The highest BCUT2D eigenvalue weighted by Crippen LogP contribution is 2.28. The van der Waals surface area contributed by atoms with Crippen molar-refractivity contribution in [2.24, 2.45) is 11.1 Å². The van der Waals surface area contributed by atoms with Crippen LogP contribution in [0.3, 0.4) is 0 Å². The van der Waals surface area contributed by atoms with Crippen molar-refractivity contribution < 1.29 is 9.63 Å². The lowest BCUT2D eigenvalue weighted by Crippen LogP contribution is -2.48. The minimum absolute atomic E-state index is 0.0149. The number of rotatable bonds is 2. The van der Waals surface area contributed by atoms with E-state index < -0.39 is 5.41 Å². The van der Waals surface area contributed by atoms with Gasteiger partial charge >= 0.3 is 5.97 Å². The van der Waals surface area contributed by atoms with Gasteiger partial charge in [0.1, 0.15) is 0 Å². The van der Waals surface area contributed by atoms with Crippen LogP contribution < -0.4 is 5.73 Å². The summed E-state index contributed by atoms with van der Waals surface area (Å²) in [6, 6.07) is 10.3. The van der Waals surface area contributed by atoms with Crippen LogP contribution in [0.4, 0.5) is 0 Å². The molecule has 0 unspecified atom stereocenters. The summed E-state index contributed by atoms with van der Waals surface area (Å²) in [7, 11) is 0. The molecule has 110 valence electrons. The smallest absolute Gasteiger partial charge is 0.330 e. The van der Waals surface area contributed by atoms with Crippen LogP contribution in [0.1, 0.15) is 38.7 Å². The van der Waals surface area contributed by atoms with Crippen LogP contribution in [0, 0.1) is 5.41 Å². The molecule has 2 rings (SSSR count). The van der Waals surface area contributed by atoms with Crippen LogP contribution in [-0.2, 0) is 9.63 Å². The van der Waals surface area contributed by atoms with Crippen molar-refractivity contribution in [2.45, 2.75) is 39.2 Å². The second kappa shape index (κ2) is 5.94. The molecule has 20 heavy (non-hydrogen) atoms. The number of nitrogens with two attached hydrogens (primary N) is 1. The van der Waals surface area contributed by atoms with E-state index in [2.05, 4.69) is 12.1 Å². The molecule has 1 aliphatic rings. The van der Waals surface area contributed by atoms with Crippen molar-refractivity contribution in [3.63, 3.8) is 0 Å². The van der Waals surface area contributed by atoms with Crippen LogP contribution in [0.2, 0.25) is 0 Å². The van der Waals surface area contributed by atoms with Crippen LogP contribution >= 0.6 is 0 Å². The van der Waals surface area contributed by atoms with E-state index in [0.717, 1.165) is 13.0 Å². The van der Waals surface area contributed by atoms with Gasteiger partial charge in [-0.3, -0.25) is 0 Å². The van der Waals surface area contributed by atoms with Gasteiger partial charge in [-0.2, -0.15) is 0 Å². The van der Waals surface area contributed by atoms with Gasteiger partial charge in [0, 0.05) is 18.5 Å². The predicted molar refractivity (Wildman–Crippen MR) is 78.9 cm³/mol. The average molecular weight is 276 g/mol. The number of hydrogen-bond donors (Lipinski definition) is 1. The molecule has 0 radical (unpaired) electrons. The number of piperidine rings is 1. The Morgan fingerprint density at radius 1 is 1.30 bits per heavy atom. The summed E-state index contributed by atoms with van der Waals surface area (Å²) in [5.74, 6) is 0.128. The van der Waals surface area contributed by atoms with E-state index in [-0.39, 0.29) is 12.0 Å². The second-order valence-corrected chi connectivity index (χ2v) is 6.49. The standard InChI is InChI=1S/C16H24N2O2/c1-16(2,3)15(19)20-18-10-9-13(14(17)11-18)12-7-5-4-6-8-12/h4-8,13-14H,9-11,17H2,1-3H3/t13-,14+/m1/s1. The zero-order valence-electron chi connectivity index (χ0n) is 12.5. The summed E-state index contributed by atoms with van der Waals surface area (Å²) < 4.78 is 0. The van der Waals surface area contributed by atoms with Crippen molar-refractivity contribution in [3.8, 4) is 0 Å². The summed E-state index contributed by atoms with van der Waals surface area (Å²) in [5.41, 5.74) is 7.03. The van der Waals surface area contributed by atoms with Crippen LogP contribution in [0.5, 0.6) is 0 Å². The van der Waals surface area contributed by atoms with Crippen molar-refractivity contribution in [1.29, 1.82) is 0 Å². The summed E-state index contributed by atoms with van der Waals surface area (Å²) in [4.78, 5) is 17.3. The third-order valence-electron chi connectivity index (χ3n) is 3.67. The molecule has 1 aromatic rings. The van der Waals surface area contributed by atoms with Crippen molar-refractivity contribution in [3.05, 3.63) is 35.9 Å². The molecular formula is C16H24N2O2. The number of benzene rings is 1. The Balaban J connectivity index is 1.94. The maximum absolute atomic E-state index is 11.9. The van der Waals surface area contributed by atoms with E-state index in [1.807, 2.05) is 39.0 Å². The maximum Gasteiger partial charge on any atom is 0.330 e. The second-order valence-electron chi connectivity index (χ2n) is 6.49. The molecule has 0 amide bonds. The largest absolute Gasteiger partial charge is 0.367 e. The van der Waals surface area contributed by atoms with Crippen LogP contribution in [-0.4, -0.2) is 30.2 Å². The molecule has 0 aromatic heterocycles. The Kier molecular flexibility index (Phi) is 4.45. The fourth-order valence-electron chi connectivity index (χ4n) is 2.40. The monoisotopic (exact) mass is 276 g/mol. The number of nitrogens with zero attached hydrogens (tertiary/aromatic N) is 1. The third kappa shape index (κ3) is 3.58. The molecule has 0 bridgehead atoms. The van der Waals surface area contributed by atoms with Gasteiger partial charge in [0.25, 0.3) is 0 Å². The van der Waals surface area contributed by atoms with Crippen LogP contribution in [0.15, 0.2) is 30.3 Å². The average Bonchev–Trinajstić information content (AvgIpc) is 2.38. The lowest BCUT2D eigenvalue weighted by molar-refractivity contribution is -0.205. The summed E-state index contributed by atoms with van der Waals surface area (Å²) in [6.45, 7) is 6.88. The number of carbonyl (C=O) groups is 1. The Hall–Kier alpha value is -1.39. The topological polar surface area (TPSA) is 55.6 Å². The van der Waals surface area contributed by atoms with Gasteiger partial charge in [-0.15, -0.1) is 5.06 Å². The molecular weight excluding hydrogens is 252 g/mol. The molecule has 0 aliphatic carbocycles. The van der Waals surface area contributed by atoms with E-state index >= 15 is 0 Å². The first-order chi connectivity index (χ1) is 9.38. The van der Waals surface area contributed by atoms with E-state index in [4.69, 9.17) is 10.6 Å². The quantitative estimate of drug-likeness (QED) is 0.900. The van der Waals surface area contributed by atoms with Gasteiger partial charge in [0.05, 0.1) is 12.0 Å². The van der Waals surface area contributed by atoms with Gasteiger partial charge in [-0.05, 0) is 32.8 Å². The molecule has 2 atom stereocenters. The molecule has 1 aliphatic heterocycles. The summed E-state index contributed by atoms with van der Waals surface area (Å²) >= 11 is 0. The fourth-order valence-corrected chi connectivity index (χ4v) is 2.40. The van der Waals surface area contributed by atoms with Gasteiger partial charge in [0.2, 0.25) is 0 Å². The number of hydrogen-bond acceptors (Lipinski definition) is 4. The van der Waals surface area contributed by atoms with Gasteiger partial charge in [-0.1, -0.05) is 30.3 Å². The Morgan fingerprint density at radius 3 is 2.50 bits per heavy atom. The first-order valence-electron chi connectivity index (χ1n) is 7.16. The van der Waals surface area contributed by atoms with Gasteiger partial charge in [0.15, 0.2) is 0 Å². The van der Waals surface area contributed by atoms with E-state index in [0.29, 0.717) is 12.5 Å². The Morgan fingerprint density at radius 2 is 1.95 bits per heavy atom. The Bertz CT molecular complexity index is 453. The predicted octanol–water partition coefficient (Wildman–Crippen LogP) is 2.31. The lowest BCUT2D eigenvalue weighted by atomic mass is 9.86. The zero-order chi connectivity index (χ0) is 14.8. The fraction of sp³-hybridized carbons (Fsp3) is 0.562. The molecule has 4 heteroatoms. The van der Waals surface area contributed by atoms with Crippen LogP contribution in [0.25, 0.3) is 0 Å². The van der Waals surface area contributed by atoms with Crippen molar-refractivity contribution in [1.82, 2.24) is 5.06 Å². The van der Waals surface area contributed by atoms with Gasteiger partial charge < -0.3 is 10.6 Å². The number of hydroxylamine groups is 2. The Labute approximate surface area is 120 Å². The molecule has 1 heterocycles. The minimum Gasteiger partial charge on any atom is -0.367 e. The summed E-state index contributed by atoms with van der Waals surface area (Å²) in [5, 5.41) is 1.71. The van der Waals surface area contributed by atoms with Gasteiger partial charge in [-0.25, -0.2) is 4.79 Å². The van der Waals surface area contributed by atoms with E-state index in [1.165, 1.54) is 5.56 Å². The highest BCUT2D eigenvalue weighted by molar-refractivity contribution is 5.75. The maximum atomic E-state index is 11.9. The normalized spacial score (nSPS) is 24.4. The summed E-state index contributed by atoms with van der Waals surface area (Å²) in [6.07, 6.45) is 0.905. The van der Waals surface area contributed by atoms with E-state index in [1.54, 1.807) is 5.06 Å². The first kappa shape index (κ1) is 15.0. The van der Waals surface area contributed by atoms with E-state index in [9.17, 15) is 4.79 Å². The molecule has 1 fully saturated rings. The molecule has 1 saturated heterocycles.